The molecular weight excluding hydrogens is 278 g/mol. The van der Waals surface area contributed by atoms with E-state index in [1.54, 1.807) is 0 Å². The maximum Gasteiger partial charge on any atom is 0.129 e. The van der Waals surface area contributed by atoms with E-state index in [2.05, 4.69) is 38.8 Å². The van der Waals surface area contributed by atoms with E-state index in [-0.39, 0.29) is 0 Å². The first-order valence-corrected chi connectivity index (χ1v) is 7.10. The molecule has 1 fully saturated rings. The fourth-order valence-electron chi connectivity index (χ4n) is 2.41. The minimum absolute atomic E-state index is 0.450. The van der Waals surface area contributed by atoms with Crippen molar-refractivity contribution in [2.45, 2.75) is 38.6 Å². The van der Waals surface area contributed by atoms with Gasteiger partial charge >= 0.3 is 0 Å². The molecule has 1 atom stereocenters. The molecule has 17 heavy (non-hydrogen) atoms. The number of nitrogens with two attached hydrogens (primary N) is 1. The second-order valence-electron chi connectivity index (χ2n) is 4.72. The molecule has 0 amide bonds. The third-order valence-corrected chi connectivity index (χ3v) is 4.31. The Kier molecular flexibility index (Phi) is 4.40. The van der Waals surface area contributed by atoms with Crippen molar-refractivity contribution in [1.82, 2.24) is 4.98 Å². The maximum atomic E-state index is 5.89. The molecule has 0 aromatic carbocycles. The average molecular weight is 298 g/mol. The Balaban J connectivity index is 2.25. The van der Waals surface area contributed by atoms with Crippen molar-refractivity contribution < 1.29 is 0 Å². The highest BCUT2D eigenvalue weighted by Gasteiger charge is 2.21. The van der Waals surface area contributed by atoms with E-state index in [0.29, 0.717) is 6.04 Å². The summed E-state index contributed by atoms with van der Waals surface area (Å²) in [4.78, 5) is 6.91. The lowest BCUT2D eigenvalue weighted by Crippen LogP contribution is -2.40. The standard InChI is InChI=1S/C13H20BrN3/c1-10-7-13(16-9-12(10)14)17-6-4-2-3-5-11(17)8-15/h7,9,11H,2-6,8,15H2,1H3. The lowest BCUT2D eigenvalue weighted by atomic mass is 10.1. The second-order valence-corrected chi connectivity index (χ2v) is 5.58. The number of aryl methyl sites for hydroxylation is 1. The van der Waals surface area contributed by atoms with Gasteiger partial charge in [-0.3, -0.25) is 0 Å². The number of hydrogen-bond acceptors (Lipinski definition) is 3. The molecule has 2 heterocycles. The van der Waals surface area contributed by atoms with E-state index in [1.165, 1.54) is 31.2 Å². The van der Waals surface area contributed by atoms with Crippen LogP contribution >= 0.6 is 15.9 Å². The predicted molar refractivity (Wildman–Crippen MR) is 75.3 cm³/mol. The summed E-state index contributed by atoms with van der Waals surface area (Å²) < 4.78 is 1.07. The molecule has 2 N–H and O–H groups in total. The SMILES string of the molecule is Cc1cc(N2CCCCCC2CN)ncc1Br. The molecule has 1 saturated heterocycles. The first-order chi connectivity index (χ1) is 8.22. The summed E-state index contributed by atoms with van der Waals surface area (Å²) in [6.07, 6.45) is 6.92. The minimum atomic E-state index is 0.450. The fraction of sp³-hybridized carbons (Fsp3) is 0.615. The molecule has 3 nitrogen and oxygen atoms in total. The average Bonchev–Trinajstić information content (AvgIpc) is 2.57. The minimum Gasteiger partial charge on any atom is -0.352 e. The van der Waals surface area contributed by atoms with Gasteiger partial charge in [0, 0.05) is 29.8 Å². The largest absolute Gasteiger partial charge is 0.352 e. The van der Waals surface area contributed by atoms with Crippen LogP contribution in [0.2, 0.25) is 0 Å². The first-order valence-electron chi connectivity index (χ1n) is 6.31. The van der Waals surface area contributed by atoms with Gasteiger partial charge in [0.15, 0.2) is 0 Å². The van der Waals surface area contributed by atoms with Gasteiger partial charge < -0.3 is 10.6 Å². The molecule has 0 radical (unpaired) electrons. The van der Waals surface area contributed by atoms with Crippen molar-refractivity contribution in [3.63, 3.8) is 0 Å². The highest BCUT2D eigenvalue weighted by atomic mass is 79.9. The summed E-state index contributed by atoms with van der Waals surface area (Å²) >= 11 is 3.50. The quantitative estimate of drug-likeness (QED) is 0.913. The van der Waals surface area contributed by atoms with Crippen LogP contribution in [0.1, 0.15) is 31.2 Å². The highest BCUT2D eigenvalue weighted by Crippen LogP contribution is 2.25. The Morgan fingerprint density at radius 3 is 3.00 bits per heavy atom. The van der Waals surface area contributed by atoms with Crippen molar-refractivity contribution in [3.05, 3.63) is 22.3 Å². The number of halogens is 1. The summed E-state index contributed by atoms with van der Waals surface area (Å²) in [6, 6.07) is 2.60. The molecule has 0 saturated carbocycles. The summed E-state index contributed by atoms with van der Waals surface area (Å²) in [5.74, 6) is 1.07. The van der Waals surface area contributed by atoms with Crippen LogP contribution in [-0.4, -0.2) is 24.1 Å². The van der Waals surface area contributed by atoms with E-state index in [9.17, 15) is 0 Å². The van der Waals surface area contributed by atoms with E-state index in [1.807, 2.05) is 6.20 Å². The van der Waals surface area contributed by atoms with Crippen molar-refractivity contribution in [3.8, 4) is 0 Å². The van der Waals surface area contributed by atoms with Gasteiger partial charge in [-0.05, 0) is 47.3 Å². The molecule has 1 unspecified atom stereocenters. The molecule has 1 aliphatic heterocycles. The van der Waals surface area contributed by atoms with Gasteiger partial charge in [0.1, 0.15) is 5.82 Å². The van der Waals surface area contributed by atoms with Crippen molar-refractivity contribution in [1.29, 1.82) is 0 Å². The van der Waals surface area contributed by atoms with Crippen LogP contribution in [0.15, 0.2) is 16.7 Å². The molecule has 1 aromatic rings. The van der Waals surface area contributed by atoms with Gasteiger partial charge in [-0.15, -0.1) is 0 Å². The predicted octanol–water partition coefficient (Wildman–Crippen LogP) is 2.86. The fourth-order valence-corrected chi connectivity index (χ4v) is 2.62. The van der Waals surface area contributed by atoms with Crippen LogP contribution in [0.5, 0.6) is 0 Å². The van der Waals surface area contributed by atoms with Crippen LogP contribution in [0.4, 0.5) is 5.82 Å². The van der Waals surface area contributed by atoms with Crippen LogP contribution in [-0.2, 0) is 0 Å². The number of anilines is 1. The first kappa shape index (κ1) is 12.8. The zero-order chi connectivity index (χ0) is 12.3. The third kappa shape index (κ3) is 2.99. The number of aromatic nitrogens is 1. The number of rotatable bonds is 2. The molecule has 94 valence electrons. The molecular formula is C13H20BrN3. The number of pyridine rings is 1. The Hall–Kier alpha value is -0.610. The Bertz CT molecular complexity index is 381. The number of hydrogen-bond donors (Lipinski definition) is 1. The molecule has 0 bridgehead atoms. The van der Waals surface area contributed by atoms with Crippen molar-refractivity contribution in [2.75, 3.05) is 18.0 Å². The van der Waals surface area contributed by atoms with Gasteiger partial charge in [0.2, 0.25) is 0 Å². The smallest absolute Gasteiger partial charge is 0.129 e. The van der Waals surface area contributed by atoms with Crippen LogP contribution in [0, 0.1) is 6.92 Å². The van der Waals surface area contributed by atoms with Crippen molar-refractivity contribution >= 4 is 21.7 Å². The maximum absolute atomic E-state index is 5.89. The summed E-state index contributed by atoms with van der Waals surface area (Å²) in [6.45, 7) is 3.90. The Labute approximate surface area is 112 Å². The zero-order valence-corrected chi connectivity index (χ0v) is 11.9. The van der Waals surface area contributed by atoms with Gasteiger partial charge in [-0.25, -0.2) is 4.98 Å². The number of nitrogens with zero attached hydrogens (tertiary/aromatic N) is 2. The van der Waals surface area contributed by atoms with E-state index >= 15 is 0 Å². The summed E-state index contributed by atoms with van der Waals surface area (Å²) in [5, 5.41) is 0. The van der Waals surface area contributed by atoms with Gasteiger partial charge in [0.25, 0.3) is 0 Å². The van der Waals surface area contributed by atoms with Gasteiger partial charge in [0.05, 0.1) is 0 Å². The lowest BCUT2D eigenvalue weighted by molar-refractivity contribution is 0.575. The van der Waals surface area contributed by atoms with Crippen LogP contribution < -0.4 is 10.6 Å². The summed E-state index contributed by atoms with van der Waals surface area (Å²) in [7, 11) is 0. The van der Waals surface area contributed by atoms with E-state index < -0.39 is 0 Å². The molecule has 2 rings (SSSR count). The Morgan fingerprint density at radius 2 is 2.29 bits per heavy atom. The highest BCUT2D eigenvalue weighted by molar-refractivity contribution is 9.10. The van der Waals surface area contributed by atoms with Gasteiger partial charge in [-0.1, -0.05) is 12.8 Å². The van der Waals surface area contributed by atoms with Crippen LogP contribution in [0.25, 0.3) is 0 Å². The second kappa shape index (κ2) is 5.83. The molecule has 0 aliphatic carbocycles. The third-order valence-electron chi connectivity index (χ3n) is 3.48. The topological polar surface area (TPSA) is 42.1 Å². The Morgan fingerprint density at radius 1 is 1.47 bits per heavy atom. The molecule has 0 spiro atoms. The monoisotopic (exact) mass is 297 g/mol. The zero-order valence-electron chi connectivity index (χ0n) is 10.3. The van der Waals surface area contributed by atoms with E-state index in [4.69, 9.17) is 5.73 Å². The van der Waals surface area contributed by atoms with Gasteiger partial charge in [-0.2, -0.15) is 0 Å². The van der Waals surface area contributed by atoms with E-state index in [0.717, 1.165) is 23.4 Å². The van der Waals surface area contributed by atoms with Crippen LogP contribution in [0.3, 0.4) is 0 Å². The van der Waals surface area contributed by atoms with Crippen molar-refractivity contribution in [2.24, 2.45) is 5.73 Å². The molecule has 4 heteroatoms. The lowest BCUT2D eigenvalue weighted by Gasteiger charge is -2.30. The summed E-state index contributed by atoms with van der Waals surface area (Å²) in [5.41, 5.74) is 7.12. The normalized spacial score (nSPS) is 21.4. The molecule has 1 aromatic heterocycles. The molecule has 1 aliphatic rings.